The zero-order chi connectivity index (χ0) is 17.8. The van der Waals surface area contributed by atoms with Crippen LogP contribution in [0.4, 0.5) is 0 Å². The molecule has 130 valence electrons. The Balaban J connectivity index is 1.63. The number of carbonyl (C=O) groups is 1. The van der Waals surface area contributed by atoms with Crippen molar-refractivity contribution in [1.29, 1.82) is 0 Å². The maximum Gasteiger partial charge on any atom is 0.253 e. The number of hydrogen-bond donors (Lipinski definition) is 2. The molecule has 0 aliphatic carbocycles. The standard InChI is InChI=1S/C19H21N3O3/c1-13-21-16-8-3-4-9-17(16)22(13)11-10-20-19(24)18(23)14-6-5-7-15(12-14)25-2/h3-9,12,18,23H,10-11H2,1-2H3,(H,20,24). The van der Waals surface area contributed by atoms with Crippen LogP contribution in [0, 0.1) is 6.92 Å². The molecule has 1 atom stereocenters. The summed E-state index contributed by atoms with van der Waals surface area (Å²) >= 11 is 0. The molecule has 0 aliphatic rings. The molecule has 0 bridgehead atoms. The summed E-state index contributed by atoms with van der Waals surface area (Å²) in [6.45, 7) is 2.93. The van der Waals surface area contributed by atoms with Gasteiger partial charge in [-0.3, -0.25) is 4.79 Å². The first-order valence-electron chi connectivity index (χ1n) is 8.11. The molecule has 2 N–H and O–H groups in total. The smallest absolute Gasteiger partial charge is 0.253 e. The second-order valence-electron chi connectivity index (χ2n) is 5.77. The van der Waals surface area contributed by atoms with Crippen molar-refractivity contribution in [3.05, 3.63) is 59.9 Å². The summed E-state index contributed by atoms with van der Waals surface area (Å²) in [5, 5.41) is 13.0. The van der Waals surface area contributed by atoms with Gasteiger partial charge in [-0.25, -0.2) is 4.98 Å². The Morgan fingerprint density at radius 2 is 2.08 bits per heavy atom. The van der Waals surface area contributed by atoms with Crippen LogP contribution in [0.15, 0.2) is 48.5 Å². The molecule has 3 aromatic rings. The number of hydrogen-bond acceptors (Lipinski definition) is 4. The van der Waals surface area contributed by atoms with Gasteiger partial charge >= 0.3 is 0 Å². The lowest BCUT2D eigenvalue weighted by molar-refractivity contribution is -0.129. The van der Waals surface area contributed by atoms with Crippen LogP contribution in [0.2, 0.25) is 0 Å². The lowest BCUT2D eigenvalue weighted by Crippen LogP contribution is -2.32. The van der Waals surface area contributed by atoms with E-state index in [9.17, 15) is 9.90 Å². The monoisotopic (exact) mass is 339 g/mol. The quantitative estimate of drug-likeness (QED) is 0.722. The maximum absolute atomic E-state index is 12.2. The Bertz CT molecular complexity index is 889. The number of para-hydroxylation sites is 2. The normalized spacial score (nSPS) is 12.1. The van der Waals surface area contributed by atoms with Crippen molar-refractivity contribution in [2.24, 2.45) is 0 Å². The fourth-order valence-corrected chi connectivity index (χ4v) is 2.83. The molecule has 1 aromatic heterocycles. The summed E-state index contributed by atoms with van der Waals surface area (Å²) in [6, 6.07) is 14.7. The summed E-state index contributed by atoms with van der Waals surface area (Å²) < 4.78 is 7.16. The number of fused-ring (bicyclic) bond motifs is 1. The highest BCUT2D eigenvalue weighted by molar-refractivity contribution is 5.82. The third kappa shape index (κ3) is 3.64. The fraction of sp³-hybridized carbons (Fsp3) is 0.263. The first-order valence-corrected chi connectivity index (χ1v) is 8.11. The highest BCUT2D eigenvalue weighted by Gasteiger charge is 2.17. The molecular weight excluding hydrogens is 318 g/mol. The largest absolute Gasteiger partial charge is 0.497 e. The summed E-state index contributed by atoms with van der Waals surface area (Å²) in [4.78, 5) is 16.7. The first-order chi connectivity index (χ1) is 12.1. The van der Waals surface area contributed by atoms with E-state index in [1.165, 1.54) is 0 Å². The second-order valence-corrected chi connectivity index (χ2v) is 5.77. The van der Waals surface area contributed by atoms with Gasteiger partial charge in [-0.2, -0.15) is 0 Å². The second kappa shape index (κ2) is 7.36. The van der Waals surface area contributed by atoms with Crippen molar-refractivity contribution in [2.75, 3.05) is 13.7 Å². The zero-order valence-electron chi connectivity index (χ0n) is 14.3. The van der Waals surface area contributed by atoms with Gasteiger partial charge in [0.05, 0.1) is 18.1 Å². The molecule has 0 spiro atoms. The van der Waals surface area contributed by atoms with Gasteiger partial charge in [0.15, 0.2) is 6.10 Å². The lowest BCUT2D eigenvalue weighted by Gasteiger charge is -2.13. The van der Waals surface area contributed by atoms with E-state index in [0.717, 1.165) is 16.9 Å². The number of methoxy groups -OCH3 is 1. The van der Waals surface area contributed by atoms with Crippen LogP contribution in [0.5, 0.6) is 5.75 Å². The summed E-state index contributed by atoms with van der Waals surface area (Å²) in [5.74, 6) is 1.06. The average molecular weight is 339 g/mol. The van der Waals surface area contributed by atoms with E-state index in [1.807, 2.05) is 35.8 Å². The number of aromatic nitrogens is 2. The molecule has 0 saturated heterocycles. The van der Waals surface area contributed by atoms with Crippen molar-refractivity contribution in [1.82, 2.24) is 14.9 Å². The molecule has 6 nitrogen and oxygen atoms in total. The predicted molar refractivity (Wildman–Crippen MR) is 95.4 cm³/mol. The lowest BCUT2D eigenvalue weighted by atomic mass is 10.1. The Kier molecular flexibility index (Phi) is 5.00. The Hall–Kier alpha value is -2.86. The average Bonchev–Trinajstić information content (AvgIpc) is 2.96. The van der Waals surface area contributed by atoms with Crippen molar-refractivity contribution in [3.8, 4) is 5.75 Å². The highest BCUT2D eigenvalue weighted by Crippen LogP contribution is 2.19. The minimum Gasteiger partial charge on any atom is -0.497 e. The van der Waals surface area contributed by atoms with Gasteiger partial charge in [0.2, 0.25) is 0 Å². The maximum atomic E-state index is 12.2. The topological polar surface area (TPSA) is 76.4 Å². The summed E-state index contributed by atoms with van der Waals surface area (Å²) in [5.41, 5.74) is 2.46. The van der Waals surface area contributed by atoms with Gasteiger partial charge in [-0.05, 0) is 36.8 Å². The number of aryl methyl sites for hydroxylation is 1. The van der Waals surface area contributed by atoms with Gasteiger partial charge < -0.3 is 19.7 Å². The van der Waals surface area contributed by atoms with Crippen molar-refractivity contribution >= 4 is 16.9 Å². The van der Waals surface area contributed by atoms with E-state index in [1.54, 1.807) is 31.4 Å². The molecule has 1 heterocycles. The van der Waals surface area contributed by atoms with Crippen LogP contribution >= 0.6 is 0 Å². The molecule has 25 heavy (non-hydrogen) atoms. The molecule has 2 aromatic carbocycles. The number of rotatable bonds is 6. The van der Waals surface area contributed by atoms with E-state index >= 15 is 0 Å². The van der Waals surface area contributed by atoms with Gasteiger partial charge in [0, 0.05) is 13.1 Å². The third-order valence-corrected chi connectivity index (χ3v) is 4.14. The van der Waals surface area contributed by atoms with Crippen molar-refractivity contribution < 1.29 is 14.6 Å². The zero-order valence-corrected chi connectivity index (χ0v) is 14.3. The van der Waals surface area contributed by atoms with E-state index in [4.69, 9.17) is 4.74 Å². The summed E-state index contributed by atoms with van der Waals surface area (Å²) in [7, 11) is 1.54. The molecule has 0 saturated carbocycles. The Morgan fingerprint density at radius 3 is 2.88 bits per heavy atom. The van der Waals surface area contributed by atoms with Crippen LogP contribution in [-0.2, 0) is 11.3 Å². The number of aliphatic hydroxyl groups excluding tert-OH is 1. The number of aliphatic hydroxyl groups is 1. The van der Waals surface area contributed by atoms with Crippen LogP contribution in [0.1, 0.15) is 17.5 Å². The molecule has 6 heteroatoms. The van der Waals surface area contributed by atoms with Crippen LogP contribution in [0.25, 0.3) is 11.0 Å². The van der Waals surface area contributed by atoms with Gasteiger partial charge in [-0.15, -0.1) is 0 Å². The SMILES string of the molecule is COc1cccc(C(O)C(=O)NCCn2c(C)nc3ccccc32)c1. The van der Waals surface area contributed by atoms with Crippen LogP contribution in [-0.4, -0.2) is 34.2 Å². The Labute approximate surface area is 146 Å². The first kappa shape index (κ1) is 17.0. The third-order valence-electron chi connectivity index (χ3n) is 4.14. The molecule has 0 fully saturated rings. The highest BCUT2D eigenvalue weighted by atomic mass is 16.5. The van der Waals surface area contributed by atoms with Crippen LogP contribution < -0.4 is 10.1 Å². The number of imidazole rings is 1. The van der Waals surface area contributed by atoms with Gasteiger partial charge in [0.25, 0.3) is 5.91 Å². The van der Waals surface area contributed by atoms with E-state index in [-0.39, 0.29) is 0 Å². The van der Waals surface area contributed by atoms with Crippen molar-refractivity contribution in [2.45, 2.75) is 19.6 Å². The van der Waals surface area contributed by atoms with E-state index in [2.05, 4.69) is 10.3 Å². The molecule has 0 radical (unpaired) electrons. The summed E-state index contributed by atoms with van der Waals surface area (Å²) in [6.07, 6.45) is -1.23. The van der Waals surface area contributed by atoms with Crippen molar-refractivity contribution in [3.63, 3.8) is 0 Å². The number of ether oxygens (including phenoxy) is 1. The predicted octanol–water partition coefficient (Wildman–Crippen LogP) is 2.20. The van der Waals surface area contributed by atoms with E-state index < -0.39 is 12.0 Å². The Morgan fingerprint density at radius 1 is 1.28 bits per heavy atom. The number of nitrogens with one attached hydrogen (secondary N) is 1. The minimum absolute atomic E-state index is 0.404. The number of nitrogens with zero attached hydrogens (tertiary/aromatic N) is 2. The van der Waals surface area contributed by atoms with Crippen LogP contribution in [0.3, 0.4) is 0 Å². The van der Waals surface area contributed by atoms with E-state index in [0.29, 0.717) is 24.4 Å². The minimum atomic E-state index is -1.23. The molecule has 3 rings (SSSR count). The molecular formula is C19H21N3O3. The molecule has 0 aliphatic heterocycles. The number of carbonyl (C=O) groups excluding carboxylic acids is 1. The van der Waals surface area contributed by atoms with Gasteiger partial charge in [-0.1, -0.05) is 24.3 Å². The number of benzene rings is 2. The molecule has 1 unspecified atom stereocenters. The fourth-order valence-electron chi connectivity index (χ4n) is 2.83. The number of amides is 1. The van der Waals surface area contributed by atoms with Gasteiger partial charge in [0.1, 0.15) is 11.6 Å². The molecule has 1 amide bonds.